The molecule has 17 heavy (non-hydrogen) atoms. The Morgan fingerprint density at radius 1 is 1.00 bits per heavy atom. The van der Waals surface area contributed by atoms with E-state index in [9.17, 15) is 19.2 Å². The summed E-state index contributed by atoms with van der Waals surface area (Å²) in [5.41, 5.74) is 17.4. The number of urea groups is 2. The number of nitrogens with one attached hydrogen (secondary N) is 2. The summed E-state index contributed by atoms with van der Waals surface area (Å²) in [6.07, 6.45) is -0.532. The molecule has 0 radical (unpaired) electrons. The van der Waals surface area contributed by atoms with Gasteiger partial charge in [0.1, 0.15) is 6.04 Å². The number of primary amides is 2. The van der Waals surface area contributed by atoms with Crippen molar-refractivity contribution in [1.29, 1.82) is 0 Å². The minimum absolute atomic E-state index is 0.532. The molecule has 0 fully saturated rings. The monoisotopic (exact) mass is 251 g/mol. The van der Waals surface area contributed by atoms with Gasteiger partial charge in [0.15, 0.2) is 0 Å². The lowest BCUT2D eigenvalue weighted by molar-refractivity contribution is -0.144. The van der Waals surface area contributed by atoms with Gasteiger partial charge in [-0.2, -0.15) is 0 Å². The van der Waals surface area contributed by atoms with Gasteiger partial charge in [0.2, 0.25) is 0 Å². The Bertz CT molecular complexity index is 291. The molecular formula is C6H13N5O6. The number of hydrazine groups is 1. The molecule has 4 amide bonds. The van der Waals surface area contributed by atoms with Gasteiger partial charge in [-0.15, -0.1) is 0 Å². The van der Waals surface area contributed by atoms with Gasteiger partial charge in [0, 0.05) is 0 Å². The van der Waals surface area contributed by atoms with Gasteiger partial charge in [-0.3, -0.25) is 9.59 Å². The number of amides is 4. The first kappa shape index (κ1) is 16.9. The lowest BCUT2D eigenvalue weighted by Gasteiger charge is -1.99. The molecule has 0 rings (SSSR count). The molecule has 0 aromatic rings. The van der Waals surface area contributed by atoms with Crippen molar-refractivity contribution >= 4 is 24.0 Å². The average Bonchev–Trinajstić information content (AvgIpc) is 2.14. The molecular weight excluding hydrogens is 238 g/mol. The van der Waals surface area contributed by atoms with Crippen molar-refractivity contribution in [3.05, 3.63) is 0 Å². The highest BCUT2D eigenvalue weighted by Crippen LogP contribution is 1.86. The highest BCUT2D eigenvalue weighted by Gasteiger charge is 2.14. The van der Waals surface area contributed by atoms with Crippen LogP contribution in [-0.2, 0) is 9.59 Å². The quantitative estimate of drug-likeness (QED) is 0.260. The van der Waals surface area contributed by atoms with Gasteiger partial charge in [-0.05, 0) is 0 Å². The third kappa shape index (κ3) is 16.1. The fourth-order valence-corrected chi connectivity index (χ4v) is 0.399. The summed E-state index contributed by atoms with van der Waals surface area (Å²) < 4.78 is 0. The van der Waals surface area contributed by atoms with Crippen molar-refractivity contribution in [2.45, 2.75) is 12.5 Å². The van der Waals surface area contributed by atoms with E-state index in [4.69, 9.17) is 15.9 Å². The zero-order valence-electron chi connectivity index (χ0n) is 8.54. The molecule has 1 unspecified atom stereocenters. The van der Waals surface area contributed by atoms with Crippen molar-refractivity contribution in [1.82, 2.24) is 10.9 Å². The van der Waals surface area contributed by atoms with Gasteiger partial charge in [-0.25, -0.2) is 20.4 Å². The number of carbonyl (C=O) groups is 4. The predicted molar refractivity (Wildman–Crippen MR) is 53.3 cm³/mol. The second-order valence-corrected chi connectivity index (χ2v) is 2.52. The first-order valence-corrected chi connectivity index (χ1v) is 3.97. The molecule has 0 spiro atoms. The van der Waals surface area contributed by atoms with Gasteiger partial charge >= 0.3 is 24.0 Å². The maximum absolute atomic E-state index is 9.85. The molecule has 98 valence electrons. The summed E-state index contributed by atoms with van der Waals surface area (Å²) in [5, 5.41) is 16.0. The van der Waals surface area contributed by atoms with Gasteiger partial charge in [0.25, 0.3) is 0 Å². The largest absolute Gasteiger partial charge is 0.481 e. The van der Waals surface area contributed by atoms with E-state index in [1.807, 2.05) is 0 Å². The zero-order chi connectivity index (χ0) is 14.0. The van der Waals surface area contributed by atoms with E-state index in [0.717, 1.165) is 0 Å². The van der Waals surface area contributed by atoms with Crippen LogP contribution in [0.5, 0.6) is 0 Å². The number of carboxylic acids is 2. The van der Waals surface area contributed by atoms with Crippen LogP contribution in [0, 0.1) is 0 Å². The van der Waals surface area contributed by atoms with Crippen molar-refractivity contribution in [3.63, 3.8) is 0 Å². The number of hydrogen-bond donors (Lipinski definition) is 7. The van der Waals surface area contributed by atoms with Crippen LogP contribution in [0.25, 0.3) is 0 Å². The van der Waals surface area contributed by atoms with E-state index in [1.54, 1.807) is 10.9 Å². The topological polar surface area (TPSA) is 211 Å². The summed E-state index contributed by atoms with van der Waals surface area (Å²) in [5.74, 6) is -2.50. The van der Waals surface area contributed by atoms with Crippen LogP contribution >= 0.6 is 0 Å². The fourth-order valence-electron chi connectivity index (χ4n) is 0.399. The van der Waals surface area contributed by atoms with Gasteiger partial charge < -0.3 is 27.4 Å². The van der Waals surface area contributed by atoms with Gasteiger partial charge in [-0.1, -0.05) is 0 Å². The van der Waals surface area contributed by atoms with E-state index >= 15 is 0 Å². The summed E-state index contributed by atoms with van der Waals surface area (Å²) in [6, 6.07) is -3.00. The maximum atomic E-state index is 9.85. The molecule has 1 atom stereocenters. The second-order valence-electron chi connectivity index (χ2n) is 2.52. The Morgan fingerprint density at radius 3 is 1.47 bits per heavy atom. The molecule has 0 aliphatic heterocycles. The van der Waals surface area contributed by atoms with Crippen molar-refractivity contribution < 1.29 is 29.4 Å². The third-order valence-electron chi connectivity index (χ3n) is 1.02. The number of carboxylic acid groups (broad SMARTS) is 2. The predicted octanol–water partition coefficient (Wildman–Crippen LogP) is -2.89. The molecule has 0 aromatic heterocycles. The van der Waals surface area contributed by atoms with Crippen LogP contribution in [0.15, 0.2) is 0 Å². The van der Waals surface area contributed by atoms with Crippen LogP contribution in [0.1, 0.15) is 6.42 Å². The van der Waals surface area contributed by atoms with Crippen LogP contribution < -0.4 is 28.1 Å². The van der Waals surface area contributed by atoms with Crippen molar-refractivity contribution in [3.8, 4) is 0 Å². The Kier molecular flexibility index (Phi) is 8.65. The first-order chi connectivity index (χ1) is 7.66. The smallest absolute Gasteiger partial charge is 0.330 e. The Hall–Kier alpha value is -2.56. The van der Waals surface area contributed by atoms with Crippen molar-refractivity contribution in [2.24, 2.45) is 17.2 Å². The molecule has 0 saturated carbocycles. The Balaban J connectivity index is 0. The molecule has 11 heteroatoms. The van der Waals surface area contributed by atoms with E-state index in [2.05, 4.69) is 11.5 Å². The van der Waals surface area contributed by atoms with Crippen LogP contribution in [-0.4, -0.2) is 40.3 Å². The van der Waals surface area contributed by atoms with Gasteiger partial charge in [0.05, 0.1) is 6.42 Å². The number of nitrogens with two attached hydrogens (primary N) is 3. The van der Waals surface area contributed by atoms with Crippen LogP contribution in [0.3, 0.4) is 0 Å². The molecule has 0 saturated heterocycles. The Labute approximate surface area is 94.9 Å². The third-order valence-corrected chi connectivity index (χ3v) is 1.02. The lowest BCUT2D eigenvalue weighted by Crippen LogP contribution is -2.46. The number of rotatable bonds is 3. The summed E-state index contributed by atoms with van der Waals surface area (Å²) in [6.45, 7) is 0. The molecule has 11 nitrogen and oxygen atoms in total. The Morgan fingerprint density at radius 2 is 1.35 bits per heavy atom. The number of carbonyl (C=O) groups excluding carboxylic acids is 2. The first-order valence-electron chi connectivity index (χ1n) is 3.97. The zero-order valence-corrected chi connectivity index (χ0v) is 8.54. The lowest BCUT2D eigenvalue weighted by atomic mass is 10.2. The molecule has 0 aliphatic rings. The minimum atomic E-state index is -1.29. The molecule has 0 bridgehead atoms. The number of aliphatic carboxylic acids is 2. The van der Waals surface area contributed by atoms with Crippen LogP contribution in [0.4, 0.5) is 9.59 Å². The number of hydrogen-bond acceptors (Lipinski definition) is 5. The SMILES string of the molecule is NC(=O)NNC(N)=O.NC(CC(=O)O)C(=O)O. The summed E-state index contributed by atoms with van der Waals surface area (Å²) in [4.78, 5) is 39.1. The molecule has 0 aromatic carbocycles. The fraction of sp³-hybridized carbons (Fsp3) is 0.333. The highest BCUT2D eigenvalue weighted by molar-refractivity contribution is 5.80. The maximum Gasteiger partial charge on any atom is 0.330 e. The van der Waals surface area contributed by atoms with Crippen molar-refractivity contribution in [2.75, 3.05) is 0 Å². The molecule has 0 heterocycles. The van der Waals surface area contributed by atoms with E-state index in [-0.39, 0.29) is 0 Å². The standard InChI is InChI=1S/C4H7NO4.C2H6N4O2/c5-2(4(8)9)1-3(6)7;3-1(7)5-6-2(4)8/h2H,1,5H2,(H,6,7)(H,8,9);(H3,3,5,7)(H3,4,6,8). The van der Waals surface area contributed by atoms with Crippen LogP contribution in [0.2, 0.25) is 0 Å². The average molecular weight is 251 g/mol. The van der Waals surface area contributed by atoms with E-state index in [1.165, 1.54) is 0 Å². The summed E-state index contributed by atoms with van der Waals surface area (Å²) >= 11 is 0. The molecule has 0 aliphatic carbocycles. The summed E-state index contributed by atoms with van der Waals surface area (Å²) in [7, 11) is 0. The highest BCUT2D eigenvalue weighted by atomic mass is 16.4. The normalized spacial score (nSPS) is 10.2. The van der Waals surface area contributed by atoms with E-state index < -0.39 is 36.5 Å². The minimum Gasteiger partial charge on any atom is -0.481 e. The second kappa shape index (κ2) is 8.72. The van der Waals surface area contributed by atoms with E-state index in [0.29, 0.717) is 0 Å². The molecule has 10 N–H and O–H groups in total.